The number of hydrogen-bond acceptors (Lipinski definition) is 6. The van der Waals surface area contributed by atoms with E-state index in [1.54, 1.807) is 0 Å². The van der Waals surface area contributed by atoms with Gasteiger partial charge in [-0.3, -0.25) is 38.8 Å². The number of urea groups is 2. The number of rotatable bonds is 5. The van der Waals surface area contributed by atoms with Crippen molar-refractivity contribution in [3.8, 4) is 0 Å². The summed E-state index contributed by atoms with van der Waals surface area (Å²) in [5.74, 6) is -1.77. The highest BCUT2D eigenvalue weighted by Gasteiger charge is 2.52. The van der Waals surface area contributed by atoms with Crippen LogP contribution < -0.4 is 0 Å². The maximum absolute atomic E-state index is 13.8. The van der Waals surface area contributed by atoms with E-state index in [0.717, 1.165) is 64.2 Å². The number of barbiturate groups is 2. The minimum absolute atomic E-state index is 0.128. The number of amides is 8. The van der Waals surface area contributed by atoms with E-state index in [4.69, 9.17) is 0 Å². The highest BCUT2D eigenvalue weighted by atomic mass is 16.2. The van der Waals surface area contributed by atoms with Gasteiger partial charge in [0.05, 0.1) is 0 Å². The van der Waals surface area contributed by atoms with Crippen LogP contribution in [0.15, 0.2) is 0 Å². The Balaban J connectivity index is 1.37. The number of hydrogen-bond donors (Lipinski definition) is 0. The third-order valence-corrected chi connectivity index (χ3v) is 9.77. The Morgan fingerprint density at radius 1 is 0.575 bits per heavy atom. The van der Waals surface area contributed by atoms with Crippen LogP contribution >= 0.6 is 0 Å². The third kappa shape index (κ3) is 5.55. The molecular weight excluding hydrogens is 512 g/mol. The van der Waals surface area contributed by atoms with Crippen LogP contribution in [0.1, 0.15) is 117 Å². The van der Waals surface area contributed by atoms with Crippen LogP contribution in [0.4, 0.5) is 9.59 Å². The molecule has 10 nitrogen and oxygen atoms in total. The highest BCUT2D eigenvalue weighted by Crippen LogP contribution is 2.49. The van der Waals surface area contributed by atoms with Crippen molar-refractivity contribution in [2.45, 2.75) is 135 Å². The molecule has 220 valence electrons. The molecule has 2 saturated heterocycles. The molecule has 2 heterocycles. The average molecular weight is 557 g/mol. The summed E-state index contributed by atoms with van der Waals surface area (Å²) in [6, 6.07) is -1.83. The lowest BCUT2D eigenvalue weighted by Crippen LogP contribution is -2.64. The lowest BCUT2D eigenvalue weighted by atomic mass is 9.62. The molecular formula is C30H44N4O6. The Kier molecular flexibility index (Phi) is 7.83. The summed E-state index contributed by atoms with van der Waals surface area (Å²) in [7, 11) is 0. The standard InChI is InChI=1S/C30H44N4O6/c1-29(2)16-22(34-26(38)15-25(37)33(28(34)40)21-12-8-5-9-13-21)17-30(3,18-29)19-31-23(35)14-24(36)32(27(31)39)20-10-6-4-7-11-20/h20-22H,4-19H2,1-3H3. The fraction of sp³-hybridized carbons (Fsp3) is 0.800. The molecule has 0 N–H and O–H groups in total. The Bertz CT molecular complexity index is 1090. The van der Waals surface area contributed by atoms with Crippen molar-refractivity contribution in [2.24, 2.45) is 10.8 Å². The van der Waals surface area contributed by atoms with Crippen molar-refractivity contribution in [3.05, 3.63) is 0 Å². The van der Waals surface area contributed by atoms with Gasteiger partial charge in [-0.2, -0.15) is 0 Å². The molecule has 0 radical (unpaired) electrons. The maximum atomic E-state index is 13.8. The van der Waals surface area contributed by atoms with Gasteiger partial charge in [0.2, 0.25) is 23.6 Å². The molecule has 2 atom stereocenters. The van der Waals surface area contributed by atoms with Crippen molar-refractivity contribution >= 4 is 35.7 Å². The zero-order valence-corrected chi connectivity index (χ0v) is 24.3. The normalized spacial score (nSPS) is 31.4. The minimum atomic E-state index is -0.575. The number of imide groups is 4. The van der Waals surface area contributed by atoms with Gasteiger partial charge >= 0.3 is 12.1 Å². The van der Waals surface area contributed by atoms with E-state index in [-0.39, 0.29) is 36.9 Å². The fourth-order valence-corrected chi connectivity index (χ4v) is 8.46. The van der Waals surface area contributed by atoms with Crippen molar-refractivity contribution in [1.82, 2.24) is 19.6 Å². The monoisotopic (exact) mass is 556 g/mol. The first-order valence-electron chi connectivity index (χ1n) is 15.2. The summed E-state index contributed by atoms with van der Waals surface area (Å²) < 4.78 is 0. The second-order valence-electron chi connectivity index (χ2n) is 14.0. The molecule has 8 amide bonds. The first kappa shape index (κ1) is 28.7. The van der Waals surface area contributed by atoms with E-state index in [9.17, 15) is 28.8 Å². The molecule has 3 aliphatic carbocycles. The van der Waals surface area contributed by atoms with E-state index < -0.39 is 47.1 Å². The molecule has 40 heavy (non-hydrogen) atoms. The molecule has 5 aliphatic rings. The second kappa shape index (κ2) is 10.9. The SMILES string of the molecule is CC1(C)CC(N2C(=O)CC(=O)N(C3CCCCC3)C2=O)CC(C)(CN2C(=O)CC(=O)N(C3CCCCC3)C2=O)C1. The Labute approximate surface area is 236 Å². The van der Waals surface area contributed by atoms with Crippen molar-refractivity contribution in [2.75, 3.05) is 6.54 Å². The van der Waals surface area contributed by atoms with Gasteiger partial charge in [-0.05, 0) is 55.8 Å². The second-order valence-corrected chi connectivity index (χ2v) is 14.0. The first-order chi connectivity index (χ1) is 18.9. The van der Waals surface area contributed by atoms with E-state index in [1.165, 1.54) is 19.6 Å². The number of nitrogens with zero attached hydrogens (tertiary/aromatic N) is 4. The van der Waals surface area contributed by atoms with Crippen LogP contribution in [0, 0.1) is 10.8 Å². The van der Waals surface area contributed by atoms with Gasteiger partial charge < -0.3 is 0 Å². The Morgan fingerprint density at radius 2 is 1.02 bits per heavy atom. The molecule has 10 heteroatoms. The number of carbonyl (C=O) groups excluding carboxylic acids is 6. The van der Waals surface area contributed by atoms with E-state index in [1.807, 2.05) is 6.92 Å². The van der Waals surface area contributed by atoms with Crippen LogP contribution in [-0.2, 0) is 19.2 Å². The Morgan fingerprint density at radius 3 is 1.55 bits per heavy atom. The van der Waals surface area contributed by atoms with E-state index in [0.29, 0.717) is 19.3 Å². The number of carbonyl (C=O) groups is 6. The molecule has 2 aliphatic heterocycles. The largest absolute Gasteiger partial charge is 0.333 e. The summed E-state index contributed by atoms with van der Waals surface area (Å²) in [5.41, 5.74) is -0.857. The van der Waals surface area contributed by atoms with Gasteiger partial charge in [-0.25, -0.2) is 9.59 Å². The van der Waals surface area contributed by atoms with Gasteiger partial charge in [-0.1, -0.05) is 59.3 Å². The molecule has 2 unspecified atom stereocenters. The molecule has 0 spiro atoms. The van der Waals surface area contributed by atoms with E-state index >= 15 is 0 Å². The van der Waals surface area contributed by atoms with Crippen molar-refractivity contribution in [3.63, 3.8) is 0 Å². The topological polar surface area (TPSA) is 115 Å². The summed E-state index contributed by atoms with van der Waals surface area (Å²) >= 11 is 0. The summed E-state index contributed by atoms with van der Waals surface area (Å²) in [5, 5.41) is 0. The quantitative estimate of drug-likeness (QED) is 0.457. The smallest absolute Gasteiger partial charge is 0.274 e. The van der Waals surface area contributed by atoms with Crippen molar-refractivity contribution < 1.29 is 28.8 Å². The van der Waals surface area contributed by atoms with Gasteiger partial charge in [0.25, 0.3) is 0 Å². The molecule has 0 aromatic rings. The molecule has 5 rings (SSSR count). The van der Waals surface area contributed by atoms with Crippen LogP contribution in [0.3, 0.4) is 0 Å². The van der Waals surface area contributed by atoms with Gasteiger partial charge in [0, 0.05) is 24.7 Å². The summed E-state index contributed by atoms with van der Waals surface area (Å²) in [4.78, 5) is 84.5. The third-order valence-electron chi connectivity index (χ3n) is 9.77. The van der Waals surface area contributed by atoms with Crippen molar-refractivity contribution in [1.29, 1.82) is 0 Å². The molecule has 3 saturated carbocycles. The predicted molar refractivity (Wildman–Crippen MR) is 146 cm³/mol. The van der Waals surface area contributed by atoms with Crippen LogP contribution in [-0.4, -0.2) is 80.0 Å². The molecule has 0 bridgehead atoms. The molecule has 0 aromatic carbocycles. The first-order valence-corrected chi connectivity index (χ1v) is 15.2. The van der Waals surface area contributed by atoms with Gasteiger partial charge in [0.15, 0.2) is 0 Å². The average Bonchev–Trinajstić information content (AvgIpc) is 2.86. The lowest BCUT2D eigenvalue weighted by molar-refractivity contribution is -0.150. The summed E-state index contributed by atoms with van der Waals surface area (Å²) in [6.45, 7) is 6.30. The minimum Gasteiger partial charge on any atom is -0.274 e. The van der Waals surface area contributed by atoms with E-state index in [2.05, 4.69) is 13.8 Å². The zero-order valence-electron chi connectivity index (χ0n) is 24.3. The highest BCUT2D eigenvalue weighted by molar-refractivity contribution is 6.15. The Hall–Kier alpha value is -2.78. The zero-order chi connectivity index (χ0) is 28.8. The predicted octanol–water partition coefficient (Wildman–Crippen LogP) is 4.60. The maximum Gasteiger partial charge on any atom is 0.333 e. The van der Waals surface area contributed by atoms with Gasteiger partial charge in [-0.15, -0.1) is 0 Å². The van der Waals surface area contributed by atoms with Gasteiger partial charge in [0.1, 0.15) is 12.8 Å². The van der Waals surface area contributed by atoms with Crippen LogP contribution in [0.2, 0.25) is 0 Å². The van der Waals surface area contributed by atoms with Crippen LogP contribution in [0.25, 0.3) is 0 Å². The fourth-order valence-electron chi connectivity index (χ4n) is 8.46. The summed E-state index contributed by atoms with van der Waals surface area (Å²) in [6.07, 6.45) is 10.2. The molecule has 0 aromatic heterocycles. The van der Waals surface area contributed by atoms with Crippen LogP contribution in [0.5, 0.6) is 0 Å². The molecule has 5 fully saturated rings. The lowest BCUT2D eigenvalue weighted by Gasteiger charge is -2.52.